The van der Waals surface area contributed by atoms with Crippen LogP contribution in [0.15, 0.2) is 59.8 Å². The molecule has 0 aromatic heterocycles. The van der Waals surface area contributed by atoms with Crippen molar-refractivity contribution in [1.29, 1.82) is 0 Å². The molecule has 0 unspecified atom stereocenters. The molecule has 0 fully saturated rings. The maximum atomic E-state index is 13.0. The van der Waals surface area contributed by atoms with Crippen LogP contribution in [0.25, 0.3) is 0 Å². The van der Waals surface area contributed by atoms with Crippen LogP contribution in [-0.4, -0.2) is 49.2 Å². The van der Waals surface area contributed by atoms with Crippen LogP contribution in [0.5, 0.6) is 11.5 Å². The number of carbonyl (C=O) groups excluding carboxylic acids is 3. The minimum absolute atomic E-state index is 0.0782. The number of carbonyl (C=O) groups is 3. The predicted octanol–water partition coefficient (Wildman–Crippen LogP) is 3.00. The van der Waals surface area contributed by atoms with Crippen molar-refractivity contribution in [2.24, 2.45) is 0 Å². The van der Waals surface area contributed by atoms with Gasteiger partial charge in [0.05, 0.1) is 30.5 Å². The van der Waals surface area contributed by atoms with E-state index in [1.54, 1.807) is 42.5 Å². The van der Waals surface area contributed by atoms with Crippen LogP contribution in [0.4, 0.5) is 10.5 Å². The van der Waals surface area contributed by atoms with Gasteiger partial charge in [0.1, 0.15) is 24.7 Å². The Morgan fingerprint density at radius 1 is 1.09 bits per heavy atom. The molecule has 172 valence electrons. The molecule has 33 heavy (non-hydrogen) atoms. The highest BCUT2D eigenvalue weighted by Gasteiger charge is 2.43. The van der Waals surface area contributed by atoms with E-state index in [0.29, 0.717) is 47.2 Å². The Hall–Kier alpha value is -4.01. The molecule has 9 nitrogen and oxygen atoms in total. The summed E-state index contributed by atoms with van der Waals surface area (Å²) in [6, 6.07) is 12.9. The summed E-state index contributed by atoms with van der Waals surface area (Å²) in [6.45, 7) is 4.38. The van der Waals surface area contributed by atoms with E-state index in [1.807, 2.05) is 19.9 Å². The van der Waals surface area contributed by atoms with E-state index in [-0.39, 0.29) is 13.2 Å². The van der Waals surface area contributed by atoms with E-state index in [9.17, 15) is 14.4 Å². The Bertz CT molecular complexity index is 1100. The van der Waals surface area contributed by atoms with Crippen LogP contribution >= 0.6 is 0 Å². The standard InChI is InChI=1S/C24H25N3O6/c1-3-31-16-11-9-15(10-12-16)25-20(28)13-27-18-14-33-23(29)21(18)22(26-24(27)30)17-7-5-6-8-19(17)32-4-2/h5-12,22H,3-4,13-14H2,1-2H3,(H,25,28)(H,26,30)/t22-/m1/s1. The molecule has 9 heteroatoms. The molecule has 2 aromatic carbocycles. The summed E-state index contributed by atoms with van der Waals surface area (Å²) in [5.74, 6) is 0.325. The fraction of sp³-hybridized carbons (Fsp3) is 0.292. The average molecular weight is 451 g/mol. The molecule has 2 heterocycles. The van der Waals surface area contributed by atoms with E-state index >= 15 is 0 Å². The second-order valence-electron chi connectivity index (χ2n) is 7.38. The molecule has 0 radical (unpaired) electrons. The number of nitrogens with zero attached hydrogens (tertiary/aromatic N) is 1. The second-order valence-corrected chi connectivity index (χ2v) is 7.38. The minimum atomic E-state index is -0.726. The molecule has 2 N–H and O–H groups in total. The summed E-state index contributed by atoms with van der Waals surface area (Å²) in [4.78, 5) is 39.4. The zero-order chi connectivity index (χ0) is 23.4. The van der Waals surface area contributed by atoms with Crippen LogP contribution in [0.1, 0.15) is 25.5 Å². The fourth-order valence-electron chi connectivity index (χ4n) is 3.86. The van der Waals surface area contributed by atoms with Crippen molar-refractivity contribution in [1.82, 2.24) is 10.2 Å². The third kappa shape index (κ3) is 4.62. The van der Waals surface area contributed by atoms with E-state index in [4.69, 9.17) is 14.2 Å². The summed E-state index contributed by atoms with van der Waals surface area (Å²) in [5, 5.41) is 5.58. The Balaban J connectivity index is 1.55. The van der Waals surface area contributed by atoms with Crippen LogP contribution in [0, 0.1) is 0 Å². The van der Waals surface area contributed by atoms with Crippen molar-refractivity contribution < 1.29 is 28.6 Å². The summed E-state index contributed by atoms with van der Waals surface area (Å²) >= 11 is 0. The van der Waals surface area contributed by atoms with Gasteiger partial charge in [-0.25, -0.2) is 9.59 Å². The number of hydrogen-bond acceptors (Lipinski definition) is 6. The number of rotatable bonds is 8. The first-order chi connectivity index (χ1) is 16.0. The van der Waals surface area contributed by atoms with Crippen LogP contribution in [0.2, 0.25) is 0 Å². The quantitative estimate of drug-likeness (QED) is 0.598. The van der Waals surface area contributed by atoms with E-state index in [1.165, 1.54) is 4.90 Å². The third-order valence-corrected chi connectivity index (χ3v) is 5.28. The Morgan fingerprint density at radius 3 is 2.55 bits per heavy atom. The first-order valence-electron chi connectivity index (χ1n) is 10.7. The first kappa shape index (κ1) is 22.2. The topological polar surface area (TPSA) is 106 Å². The molecular weight excluding hydrogens is 426 g/mol. The molecule has 1 atom stereocenters. The maximum absolute atomic E-state index is 13.0. The van der Waals surface area contributed by atoms with Gasteiger partial charge in [0.15, 0.2) is 0 Å². The number of para-hydroxylation sites is 1. The molecule has 2 aliphatic rings. The lowest BCUT2D eigenvalue weighted by Gasteiger charge is -2.33. The second kappa shape index (κ2) is 9.64. The van der Waals surface area contributed by atoms with Crippen LogP contribution < -0.4 is 20.1 Å². The van der Waals surface area contributed by atoms with Crippen LogP contribution in [0.3, 0.4) is 0 Å². The fourth-order valence-corrected chi connectivity index (χ4v) is 3.86. The first-order valence-corrected chi connectivity index (χ1v) is 10.7. The minimum Gasteiger partial charge on any atom is -0.494 e. The molecule has 2 aromatic rings. The molecule has 2 aliphatic heterocycles. The van der Waals surface area contributed by atoms with Crippen molar-refractivity contribution >= 4 is 23.6 Å². The van der Waals surface area contributed by atoms with Gasteiger partial charge in [0, 0.05) is 11.3 Å². The van der Waals surface area contributed by atoms with Crippen molar-refractivity contribution in [3.63, 3.8) is 0 Å². The van der Waals surface area contributed by atoms with Gasteiger partial charge in [-0.1, -0.05) is 18.2 Å². The van der Waals surface area contributed by atoms with Crippen LogP contribution in [-0.2, 0) is 14.3 Å². The van der Waals surface area contributed by atoms with E-state index in [2.05, 4.69) is 10.6 Å². The van der Waals surface area contributed by atoms with Gasteiger partial charge in [0.2, 0.25) is 5.91 Å². The number of hydrogen-bond donors (Lipinski definition) is 2. The lowest BCUT2D eigenvalue weighted by Crippen LogP contribution is -2.49. The number of anilines is 1. The van der Waals surface area contributed by atoms with Gasteiger partial charge in [-0.2, -0.15) is 0 Å². The normalized spacial score (nSPS) is 17.3. The van der Waals surface area contributed by atoms with Crippen molar-refractivity contribution in [3.05, 3.63) is 65.4 Å². The molecule has 0 aliphatic carbocycles. The van der Waals surface area contributed by atoms with E-state index in [0.717, 1.165) is 0 Å². The largest absolute Gasteiger partial charge is 0.494 e. The predicted molar refractivity (Wildman–Crippen MR) is 120 cm³/mol. The van der Waals surface area contributed by atoms with E-state index < -0.39 is 23.9 Å². The maximum Gasteiger partial charge on any atom is 0.338 e. The van der Waals surface area contributed by atoms with Crippen molar-refractivity contribution in [2.75, 3.05) is 31.7 Å². The summed E-state index contributed by atoms with van der Waals surface area (Å²) < 4.78 is 16.3. The number of benzene rings is 2. The Morgan fingerprint density at radius 2 is 1.82 bits per heavy atom. The third-order valence-electron chi connectivity index (χ3n) is 5.28. The Labute approximate surface area is 191 Å². The molecule has 0 spiro atoms. The summed E-state index contributed by atoms with van der Waals surface area (Å²) in [7, 11) is 0. The summed E-state index contributed by atoms with van der Waals surface area (Å²) in [6.07, 6.45) is 0. The number of esters is 1. The molecule has 3 amide bonds. The van der Waals surface area contributed by atoms with Gasteiger partial charge in [-0.15, -0.1) is 0 Å². The van der Waals surface area contributed by atoms with Crippen molar-refractivity contribution in [3.8, 4) is 11.5 Å². The number of ether oxygens (including phenoxy) is 3. The highest BCUT2D eigenvalue weighted by atomic mass is 16.5. The molecular formula is C24H25N3O6. The zero-order valence-corrected chi connectivity index (χ0v) is 18.4. The molecule has 0 bridgehead atoms. The molecule has 0 saturated carbocycles. The lowest BCUT2D eigenvalue weighted by molar-refractivity contribution is -0.136. The van der Waals surface area contributed by atoms with Gasteiger partial charge >= 0.3 is 12.0 Å². The van der Waals surface area contributed by atoms with Crippen molar-refractivity contribution in [2.45, 2.75) is 19.9 Å². The van der Waals surface area contributed by atoms with Gasteiger partial charge in [-0.3, -0.25) is 9.69 Å². The number of urea groups is 1. The van der Waals surface area contributed by atoms with Gasteiger partial charge in [-0.05, 0) is 44.2 Å². The van der Waals surface area contributed by atoms with Gasteiger partial charge < -0.3 is 24.8 Å². The number of nitrogens with one attached hydrogen (secondary N) is 2. The van der Waals surface area contributed by atoms with Gasteiger partial charge in [0.25, 0.3) is 0 Å². The molecule has 4 rings (SSSR count). The average Bonchev–Trinajstić information content (AvgIpc) is 3.19. The highest BCUT2D eigenvalue weighted by Crippen LogP contribution is 2.38. The number of amides is 3. The molecule has 0 saturated heterocycles. The number of cyclic esters (lactones) is 1. The Kier molecular flexibility index (Phi) is 6.48. The SMILES string of the molecule is CCOc1ccc(NC(=O)CN2C(=O)N[C@H](c3ccccc3OCC)C3=C2COC3=O)cc1. The smallest absolute Gasteiger partial charge is 0.338 e. The summed E-state index contributed by atoms with van der Waals surface area (Å²) in [5.41, 5.74) is 1.90. The highest BCUT2D eigenvalue weighted by molar-refractivity contribution is 6.00. The monoisotopic (exact) mass is 451 g/mol. The zero-order valence-electron chi connectivity index (χ0n) is 18.4. The lowest BCUT2D eigenvalue weighted by atomic mass is 9.95.